The third-order valence-electron chi connectivity index (χ3n) is 3.01. The van der Waals surface area contributed by atoms with Gasteiger partial charge in [0.25, 0.3) is 0 Å². The molecule has 1 unspecified atom stereocenters. The van der Waals surface area contributed by atoms with Crippen molar-refractivity contribution in [3.8, 4) is 5.75 Å². The molecule has 0 amide bonds. The number of guanidine groups is 1. The van der Waals surface area contributed by atoms with Crippen LogP contribution in [0.3, 0.4) is 0 Å². The molecule has 3 N–H and O–H groups in total. The Morgan fingerprint density at radius 3 is 2.59 bits per heavy atom. The Morgan fingerprint density at radius 2 is 1.91 bits per heavy atom. The van der Waals surface area contributed by atoms with Gasteiger partial charge in [-0.3, -0.25) is 0 Å². The number of rotatable bonds is 5. The van der Waals surface area contributed by atoms with Crippen molar-refractivity contribution in [2.75, 3.05) is 11.9 Å². The normalized spacial score (nSPS) is 12.8. The Bertz CT molecular complexity index is 641. The predicted octanol–water partition coefficient (Wildman–Crippen LogP) is 3.33. The van der Waals surface area contributed by atoms with Crippen LogP contribution in [-0.4, -0.2) is 18.6 Å². The van der Waals surface area contributed by atoms with E-state index in [1.54, 1.807) is 18.2 Å². The molecule has 0 aromatic heterocycles. The Balaban J connectivity index is 1.87. The van der Waals surface area contributed by atoms with Crippen LogP contribution in [-0.2, 0) is 0 Å². The van der Waals surface area contributed by atoms with Crippen LogP contribution in [0.2, 0.25) is 0 Å². The van der Waals surface area contributed by atoms with Crippen molar-refractivity contribution < 1.29 is 9.13 Å². The summed E-state index contributed by atoms with van der Waals surface area (Å²) in [5.74, 6) is 0.132. The lowest BCUT2D eigenvalue weighted by Gasteiger charge is -2.13. The zero-order chi connectivity index (χ0) is 15.9. The van der Waals surface area contributed by atoms with E-state index in [1.807, 2.05) is 38.1 Å². The molecule has 0 spiro atoms. The number of aryl methyl sites for hydroxylation is 1. The number of anilines is 1. The standard InChI is InChI=1S/C17H20FN3O/c1-12-7-9-14(10-8-12)21-17(19)20-11-13(2)22-16-6-4-3-5-15(16)18/h3-10,13H,11H2,1-2H3,(H3,19,20,21). The van der Waals surface area contributed by atoms with Gasteiger partial charge in [0.15, 0.2) is 17.5 Å². The molecule has 2 aromatic rings. The lowest BCUT2D eigenvalue weighted by atomic mass is 10.2. The van der Waals surface area contributed by atoms with Crippen LogP contribution in [0, 0.1) is 12.7 Å². The minimum absolute atomic E-state index is 0.218. The van der Waals surface area contributed by atoms with Gasteiger partial charge in [-0.15, -0.1) is 0 Å². The molecule has 2 rings (SSSR count). The van der Waals surface area contributed by atoms with Crippen molar-refractivity contribution in [1.29, 1.82) is 0 Å². The number of nitrogens with two attached hydrogens (primary N) is 1. The largest absolute Gasteiger partial charge is 0.486 e. The molecule has 0 aliphatic rings. The second-order valence-electron chi connectivity index (χ2n) is 5.08. The molecule has 22 heavy (non-hydrogen) atoms. The summed E-state index contributed by atoms with van der Waals surface area (Å²) in [4.78, 5) is 4.20. The second-order valence-corrected chi connectivity index (χ2v) is 5.08. The molecule has 1 atom stereocenters. The molecular formula is C17H20FN3O. The third-order valence-corrected chi connectivity index (χ3v) is 3.01. The highest BCUT2D eigenvalue weighted by Crippen LogP contribution is 2.17. The molecule has 0 saturated carbocycles. The van der Waals surface area contributed by atoms with Crippen LogP contribution >= 0.6 is 0 Å². The summed E-state index contributed by atoms with van der Waals surface area (Å²) in [6.45, 7) is 4.16. The Kier molecular flexibility index (Phi) is 5.36. The van der Waals surface area contributed by atoms with Crippen molar-refractivity contribution in [2.24, 2.45) is 10.7 Å². The van der Waals surface area contributed by atoms with E-state index >= 15 is 0 Å². The van der Waals surface area contributed by atoms with Crippen LogP contribution in [0.15, 0.2) is 53.5 Å². The first-order valence-electron chi connectivity index (χ1n) is 7.09. The van der Waals surface area contributed by atoms with Crippen LogP contribution in [0.5, 0.6) is 5.75 Å². The fraction of sp³-hybridized carbons (Fsp3) is 0.235. The molecule has 0 aliphatic carbocycles. The molecule has 0 saturated heterocycles. The summed E-state index contributed by atoms with van der Waals surface area (Å²) >= 11 is 0. The van der Waals surface area contributed by atoms with Gasteiger partial charge in [0.1, 0.15) is 6.10 Å². The number of nitrogens with one attached hydrogen (secondary N) is 1. The molecule has 0 aliphatic heterocycles. The predicted molar refractivity (Wildman–Crippen MR) is 87.8 cm³/mol. The fourth-order valence-corrected chi connectivity index (χ4v) is 1.85. The van der Waals surface area contributed by atoms with Crippen molar-refractivity contribution >= 4 is 11.6 Å². The molecule has 0 radical (unpaired) electrons. The highest BCUT2D eigenvalue weighted by Gasteiger charge is 2.07. The summed E-state index contributed by atoms with van der Waals surface area (Å²) in [7, 11) is 0. The summed E-state index contributed by atoms with van der Waals surface area (Å²) in [6, 6.07) is 14.1. The van der Waals surface area contributed by atoms with Crippen LogP contribution in [0.25, 0.3) is 0 Å². The number of hydrogen-bond acceptors (Lipinski definition) is 2. The zero-order valence-electron chi connectivity index (χ0n) is 12.7. The quantitative estimate of drug-likeness (QED) is 0.658. The van der Waals surface area contributed by atoms with E-state index in [0.29, 0.717) is 12.5 Å². The number of ether oxygens (including phenoxy) is 1. The molecule has 0 bridgehead atoms. The monoisotopic (exact) mass is 301 g/mol. The van der Waals surface area contributed by atoms with Crippen LogP contribution in [0.4, 0.5) is 10.1 Å². The molecule has 2 aromatic carbocycles. The first-order valence-corrected chi connectivity index (χ1v) is 7.09. The summed E-state index contributed by atoms with van der Waals surface area (Å²) in [5, 5.41) is 3.00. The van der Waals surface area contributed by atoms with Gasteiger partial charge in [-0.1, -0.05) is 29.8 Å². The number of halogens is 1. The van der Waals surface area contributed by atoms with Gasteiger partial charge in [0.05, 0.1) is 6.54 Å². The summed E-state index contributed by atoms with van der Waals surface area (Å²) in [5.41, 5.74) is 7.87. The van der Waals surface area contributed by atoms with Crippen molar-refractivity contribution in [1.82, 2.24) is 0 Å². The Morgan fingerprint density at radius 1 is 1.23 bits per heavy atom. The Hall–Kier alpha value is -2.56. The van der Waals surface area contributed by atoms with Gasteiger partial charge in [0, 0.05) is 5.69 Å². The summed E-state index contributed by atoms with van der Waals surface area (Å²) in [6.07, 6.45) is -0.282. The van der Waals surface area contributed by atoms with Gasteiger partial charge in [-0.05, 0) is 38.1 Å². The van der Waals surface area contributed by atoms with Gasteiger partial charge in [0.2, 0.25) is 0 Å². The van der Waals surface area contributed by atoms with E-state index in [1.165, 1.54) is 11.6 Å². The molecule has 116 valence electrons. The molecule has 0 heterocycles. The van der Waals surface area contributed by atoms with E-state index in [-0.39, 0.29) is 17.7 Å². The first-order chi connectivity index (χ1) is 10.5. The molecule has 0 fully saturated rings. The van der Waals surface area contributed by atoms with Crippen LogP contribution < -0.4 is 15.8 Å². The van der Waals surface area contributed by atoms with E-state index in [2.05, 4.69) is 10.3 Å². The van der Waals surface area contributed by atoms with Gasteiger partial charge in [-0.2, -0.15) is 0 Å². The highest BCUT2D eigenvalue weighted by atomic mass is 19.1. The minimum Gasteiger partial charge on any atom is -0.486 e. The number of hydrogen-bond donors (Lipinski definition) is 2. The van der Waals surface area contributed by atoms with E-state index in [9.17, 15) is 4.39 Å². The maximum atomic E-state index is 13.5. The fourth-order valence-electron chi connectivity index (χ4n) is 1.85. The maximum absolute atomic E-state index is 13.5. The van der Waals surface area contributed by atoms with Crippen molar-refractivity contribution in [3.63, 3.8) is 0 Å². The summed E-state index contributed by atoms with van der Waals surface area (Å²) < 4.78 is 19.0. The topological polar surface area (TPSA) is 59.6 Å². The molecule has 5 heteroatoms. The smallest absolute Gasteiger partial charge is 0.193 e. The van der Waals surface area contributed by atoms with Crippen molar-refractivity contribution in [3.05, 3.63) is 59.9 Å². The molecular weight excluding hydrogens is 281 g/mol. The van der Waals surface area contributed by atoms with Gasteiger partial charge in [-0.25, -0.2) is 9.38 Å². The lowest BCUT2D eigenvalue weighted by Crippen LogP contribution is -2.25. The third kappa shape index (κ3) is 4.77. The average molecular weight is 301 g/mol. The highest BCUT2D eigenvalue weighted by molar-refractivity contribution is 5.92. The second kappa shape index (κ2) is 7.45. The van der Waals surface area contributed by atoms with E-state index < -0.39 is 0 Å². The lowest BCUT2D eigenvalue weighted by molar-refractivity contribution is 0.220. The average Bonchev–Trinajstić information content (AvgIpc) is 2.50. The SMILES string of the molecule is Cc1ccc(NC(N)=NCC(C)Oc2ccccc2F)cc1. The number of para-hydroxylation sites is 1. The molecule has 4 nitrogen and oxygen atoms in total. The minimum atomic E-state index is -0.385. The number of benzene rings is 2. The van der Waals surface area contributed by atoms with E-state index in [0.717, 1.165) is 5.69 Å². The van der Waals surface area contributed by atoms with Crippen molar-refractivity contribution in [2.45, 2.75) is 20.0 Å². The Labute approximate surface area is 129 Å². The van der Waals surface area contributed by atoms with Crippen LogP contribution in [0.1, 0.15) is 12.5 Å². The zero-order valence-corrected chi connectivity index (χ0v) is 12.7. The van der Waals surface area contributed by atoms with Gasteiger partial charge < -0.3 is 15.8 Å². The maximum Gasteiger partial charge on any atom is 0.193 e. The van der Waals surface area contributed by atoms with Gasteiger partial charge >= 0.3 is 0 Å². The van der Waals surface area contributed by atoms with E-state index in [4.69, 9.17) is 10.5 Å². The first kappa shape index (κ1) is 15.8. The number of aliphatic imine (C=N–C) groups is 1. The number of nitrogens with zero attached hydrogens (tertiary/aromatic N) is 1.